The van der Waals surface area contributed by atoms with Gasteiger partial charge in [0.1, 0.15) is 34.4 Å². The number of para-hydroxylation sites is 3. The lowest BCUT2D eigenvalue weighted by atomic mass is 10.1. The van der Waals surface area contributed by atoms with Gasteiger partial charge in [0.05, 0.1) is 5.69 Å². The molecule has 0 saturated heterocycles. The number of hydrogen-bond donors (Lipinski definition) is 5. The van der Waals surface area contributed by atoms with Crippen molar-refractivity contribution in [3.05, 3.63) is 127 Å². The summed E-state index contributed by atoms with van der Waals surface area (Å²) >= 11 is 0. The van der Waals surface area contributed by atoms with Gasteiger partial charge in [-0.15, -0.1) is 10.2 Å². The minimum absolute atomic E-state index is 0.0518. The monoisotopic (exact) mass is 726 g/mol. The lowest BCUT2D eigenvalue weighted by molar-refractivity contribution is 0.474. The van der Waals surface area contributed by atoms with Crippen LogP contribution in [0.2, 0.25) is 0 Å². The number of phenolic OH excluding ortho intramolecular Hbond substituents is 4. The topological polar surface area (TPSA) is 132 Å². The minimum atomic E-state index is 0.0518. The van der Waals surface area contributed by atoms with Gasteiger partial charge in [-0.3, -0.25) is 0 Å². The van der Waals surface area contributed by atoms with Gasteiger partial charge in [-0.1, -0.05) is 181 Å². The first-order valence-corrected chi connectivity index (χ1v) is 18.9. The van der Waals surface area contributed by atoms with Crippen molar-refractivity contribution in [3.63, 3.8) is 0 Å². The van der Waals surface area contributed by atoms with Gasteiger partial charge in [0, 0.05) is 5.39 Å². The molecule has 0 heterocycles. The molecule has 0 radical (unpaired) electrons. The molecule has 0 atom stereocenters. The van der Waals surface area contributed by atoms with E-state index in [1.165, 1.54) is 18.9 Å². The van der Waals surface area contributed by atoms with E-state index in [4.69, 9.17) is 15.9 Å². The van der Waals surface area contributed by atoms with Crippen LogP contribution in [0.15, 0.2) is 138 Å². The standard InChI is InChI=1S/C16H12N2O2.C10H8O.C6H7NO.2C3H8.4C2H6/c19-14-8-4-3-7-13(14)17-18-16-12-6-2-1-5-11(12)9-10-15(16)20;11-10-6-5-8-3-1-2-4-9(8)7-10;7-5-3-1-2-4-6(5)8;2*1-3-2;4*1-2/h1-10,19-20H;1-7,11H;1-4,8H,7H2;2*3H2,1-2H3;4*1-2H3. The van der Waals surface area contributed by atoms with Crippen LogP contribution in [0.4, 0.5) is 17.1 Å². The molecule has 0 fully saturated rings. The number of aromatic hydroxyl groups is 4. The Balaban J connectivity index is -0.000000644. The number of hydrogen-bond acceptors (Lipinski definition) is 7. The van der Waals surface area contributed by atoms with Crippen LogP contribution in [0, 0.1) is 0 Å². The molecule has 0 saturated carbocycles. The largest absolute Gasteiger partial charge is 0.508 e. The first-order valence-electron chi connectivity index (χ1n) is 18.9. The number of nitrogens with two attached hydrogens (primary N) is 1. The second kappa shape index (κ2) is 34.9. The molecule has 6 aromatic carbocycles. The normalized spacial score (nSPS) is 8.83. The van der Waals surface area contributed by atoms with Crippen LogP contribution in [0.3, 0.4) is 0 Å². The lowest BCUT2D eigenvalue weighted by Crippen LogP contribution is -1.82. The highest BCUT2D eigenvalue weighted by atomic mass is 16.3. The molecular weight excluding hydrogens is 659 g/mol. The number of nitrogen functional groups attached to an aromatic ring is 1. The van der Waals surface area contributed by atoms with E-state index < -0.39 is 0 Å². The van der Waals surface area contributed by atoms with Crippen molar-refractivity contribution in [1.82, 2.24) is 0 Å². The summed E-state index contributed by atoms with van der Waals surface area (Å²) in [4.78, 5) is 0. The first-order chi connectivity index (χ1) is 25.7. The van der Waals surface area contributed by atoms with Crippen molar-refractivity contribution >= 4 is 38.6 Å². The highest BCUT2D eigenvalue weighted by Crippen LogP contribution is 2.37. The molecule has 7 heteroatoms. The minimum Gasteiger partial charge on any atom is -0.508 e. The summed E-state index contributed by atoms with van der Waals surface area (Å²) in [6, 6.07) is 37.7. The van der Waals surface area contributed by atoms with Crippen molar-refractivity contribution in [3.8, 4) is 23.0 Å². The predicted octanol–water partition coefficient (Wildman–Crippen LogP) is 15.1. The van der Waals surface area contributed by atoms with E-state index in [0.717, 1.165) is 21.5 Å². The van der Waals surface area contributed by atoms with Gasteiger partial charge in [-0.05, 0) is 58.6 Å². The molecule has 290 valence electrons. The molecule has 0 amide bonds. The third kappa shape index (κ3) is 21.4. The van der Waals surface area contributed by atoms with Gasteiger partial charge in [0.15, 0.2) is 0 Å². The predicted molar refractivity (Wildman–Crippen MR) is 233 cm³/mol. The second-order valence-electron chi connectivity index (χ2n) is 9.85. The van der Waals surface area contributed by atoms with Gasteiger partial charge in [0.25, 0.3) is 0 Å². The number of fused-ring (bicyclic) bond motifs is 2. The molecule has 0 bridgehead atoms. The SMILES string of the molecule is CC.CC.CC.CC.CCC.CCC.Nc1ccccc1O.Oc1ccc2ccccc2c1.Oc1ccccc1N=Nc1c(O)ccc2ccccc12. The van der Waals surface area contributed by atoms with Gasteiger partial charge in [-0.2, -0.15) is 0 Å². The van der Waals surface area contributed by atoms with Gasteiger partial charge >= 0.3 is 0 Å². The third-order valence-electron chi connectivity index (χ3n) is 5.69. The van der Waals surface area contributed by atoms with Crippen LogP contribution in [-0.2, 0) is 0 Å². The van der Waals surface area contributed by atoms with Crippen molar-refractivity contribution in [2.75, 3.05) is 5.73 Å². The number of nitrogens with zero attached hydrogens (tertiary/aromatic N) is 2. The Bertz CT molecular complexity index is 1750. The van der Waals surface area contributed by atoms with Gasteiger partial charge in [0.2, 0.25) is 0 Å². The highest BCUT2D eigenvalue weighted by Gasteiger charge is 2.06. The molecular formula is C46H67N3O4. The van der Waals surface area contributed by atoms with Gasteiger partial charge < -0.3 is 26.2 Å². The number of rotatable bonds is 2. The number of azo groups is 1. The molecule has 6 rings (SSSR count). The van der Waals surface area contributed by atoms with E-state index in [9.17, 15) is 10.2 Å². The summed E-state index contributed by atoms with van der Waals surface area (Å²) in [6.07, 6.45) is 2.50. The summed E-state index contributed by atoms with van der Waals surface area (Å²) in [5.41, 5.74) is 6.45. The fraction of sp³-hybridized carbons (Fsp3) is 0.304. The first kappa shape index (κ1) is 51.8. The Kier molecular flexibility index (Phi) is 34.1. The fourth-order valence-corrected chi connectivity index (χ4v) is 3.67. The Morgan fingerprint density at radius 1 is 0.434 bits per heavy atom. The molecule has 53 heavy (non-hydrogen) atoms. The quantitative estimate of drug-likeness (QED) is 0.0689. The molecule has 6 N–H and O–H groups in total. The van der Waals surface area contributed by atoms with Crippen LogP contribution >= 0.6 is 0 Å². The van der Waals surface area contributed by atoms with E-state index in [0.29, 0.717) is 22.8 Å². The Morgan fingerprint density at radius 2 is 0.868 bits per heavy atom. The Morgan fingerprint density at radius 3 is 1.38 bits per heavy atom. The zero-order valence-electron chi connectivity index (χ0n) is 34.3. The number of benzene rings is 6. The average molecular weight is 726 g/mol. The number of anilines is 1. The molecule has 0 unspecified atom stereocenters. The zero-order valence-corrected chi connectivity index (χ0v) is 34.3. The van der Waals surface area contributed by atoms with Gasteiger partial charge in [-0.25, -0.2) is 0 Å². The summed E-state index contributed by atoms with van der Waals surface area (Å²) in [5, 5.41) is 49.6. The fourth-order valence-electron chi connectivity index (χ4n) is 3.67. The summed E-state index contributed by atoms with van der Waals surface area (Å²) in [5.74, 6) is 0.579. The number of phenols is 4. The Hall–Kier alpha value is -5.56. The molecule has 7 nitrogen and oxygen atoms in total. The van der Waals surface area contributed by atoms with E-state index in [1.54, 1.807) is 60.7 Å². The average Bonchev–Trinajstić information content (AvgIpc) is 3.20. The summed E-state index contributed by atoms with van der Waals surface area (Å²) in [6.45, 7) is 24.5. The van der Waals surface area contributed by atoms with Crippen molar-refractivity contribution in [2.24, 2.45) is 10.2 Å². The molecule has 0 aromatic heterocycles. The maximum Gasteiger partial charge on any atom is 0.143 e. The summed E-state index contributed by atoms with van der Waals surface area (Å²) in [7, 11) is 0. The third-order valence-corrected chi connectivity index (χ3v) is 5.69. The smallest absolute Gasteiger partial charge is 0.143 e. The molecule has 6 aromatic rings. The summed E-state index contributed by atoms with van der Waals surface area (Å²) < 4.78 is 0. The van der Waals surface area contributed by atoms with Crippen LogP contribution < -0.4 is 5.73 Å². The van der Waals surface area contributed by atoms with Crippen molar-refractivity contribution < 1.29 is 20.4 Å². The zero-order chi connectivity index (χ0) is 41.0. The van der Waals surface area contributed by atoms with E-state index in [1.807, 2.05) is 116 Å². The van der Waals surface area contributed by atoms with Crippen LogP contribution in [0.25, 0.3) is 21.5 Å². The van der Waals surface area contributed by atoms with E-state index >= 15 is 0 Å². The molecule has 0 aliphatic carbocycles. The molecule has 0 aliphatic rings. The van der Waals surface area contributed by atoms with E-state index in [-0.39, 0.29) is 17.2 Å². The maximum absolute atomic E-state index is 9.94. The highest BCUT2D eigenvalue weighted by molar-refractivity contribution is 5.95. The molecule has 0 aliphatic heterocycles. The lowest BCUT2D eigenvalue weighted by Gasteiger charge is -2.03. The van der Waals surface area contributed by atoms with Crippen LogP contribution in [0.1, 0.15) is 95.9 Å². The van der Waals surface area contributed by atoms with Crippen LogP contribution in [-0.4, -0.2) is 20.4 Å². The van der Waals surface area contributed by atoms with Crippen LogP contribution in [0.5, 0.6) is 23.0 Å². The Labute approximate surface area is 320 Å². The molecule has 0 spiro atoms. The second-order valence-corrected chi connectivity index (χ2v) is 9.85. The van der Waals surface area contributed by atoms with Crippen molar-refractivity contribution in [2.45, 2.75) is 95.9 Å². The van der Waals surface area contributed by atoms with Crippen molar-refractivity contribution in [1.29, 1.82) is 0 Å². The van der Waals surface area contributed by atoms with E-state index in [2.05, 4.69) is 37.9 Å². The maximum atomic E-state index is 9.94.